The second-order valence-electron chi connectivity index (χ2n) is 4.21. The lowest BCUT2D eigenvalue weighted by Crippen LogP contribution is -2.07. The fourth-order valence-corrected chi connectivity index (χ4v) is 2.71. The number of hydrogen-bond acceptors (Lipinski definition) is 1. The van der Waals surface area contributed by atoms with Crippen molar-refractivity contribution in [3.8, 4) is 0 Å². The molecule has 0 heterocycles. The Morgan fingerprint density at radius 1 is 1.00 bits per heavy atom. The molecule has 1 unspecified atom stereocenters. The molecule has 1 N–H and O–H groups in total. The molecule has 0 radical (unpaired) electrons. The zero-order chi connectivity index (χ0) is 14.9. The van der Waals surface area contributed by atoms with Crippen molar-refractivity contribution in [1.29, 1.82) is 0 Å². The molecule has 2 rings (SSSR count). The Labute approximate surface area is 130 Å². The Morgan fingerprint density at radius 2 is 1.65 bits per heavy atom. The number of aliphatic hydroxyl groups is 1. The maximum Gasteiger partial charge on any atom is 0.143 e. The van der Waals surface area contributed by atoms with Crippen molar-refractivity contribution in [1.82, 2.24) is 0 Å². The lowest BCUT2D eigenvalue weighted by Gasteiger charge is -2.14. The Morgan fingerprint density at radius 3 is 2.35 bits per heavy atom. The summed E-state index contributed by atoms with van der Waals surface area (Å²) in [5.74, 6) is -2.05. The highest BCUT2D eigenvalue weighted by Crippen LogP contribution is 2.30. The van der Waals surface area contributed by atoms with Gasteiger partial charge in [-0.05, 0) is 51.8 Å². The Hall–Kier alpha value is -0.850. The maximum atomic E-state index is 13.8. The lowest BCUT2D eigenvalue weighted by atomic mass is 10.0. The van der Waals surface area contributed by atoms with E-state index in [1.165, 1.54) is 18.2 Å². The summed E-state index contributed by atoms with van der Waals surface area (Å²) in [6.07, 6.45) is -1.52. The van der Waals surface area contributed by atoms with Gasteiger partial charge < -0.3 is 5.11 Å². The van der Waals surface area contributed by atoms with Crippen molar-refractivity contribution in [2.45, 2.75) is 12.5 Å². The van der Waals surface area contributed by atoms with Crippen LogP contribution in [0.2, 0.25) is 0 Å². The van der Waals surface area contributed by atoms with E-state index in [2.05, 4.69) is 31.9 Å². The predicted molar refractivity (Wildman–Crippen MR) is 76.8 cm³/mol. The van der Waals surface area contributed by atoms with Crippen LogP contribution in [0.25, 0.3) is 0 Å². The van der Waals surface area contributed by atoms with Crippen molar-refractivity contribution in [2.75, 3.05) is 0 Å². The van der Waals surface area contributed by atoms with Crippen LogP contribution < -0.4 is 0 Å². The van der Waals surface area contributed by atoms with Crippen LogP contribution in [0.3, 0.4) is 0 Å². The van der Waals surface area contributed by atoms with E-state index >= 15 is 0 Å². The molecule has 0 aliphatic rings. The summed E-state index contributed by atoms with van der Waals surface area (Å²) in [5, 5.41) is 10.1. The van der Waals surface area contributed by atoms with Crippen LogP contribution in [0.1, 0.15) is 17.2 Å². The number of halogens is 5. The average Bonchev–Trinajstić information content (AvgIpc) is 2.41. The van der Waals surface area contributed by atoms with Crippen LogP contribution in [0.15, 0.2) is 39.3 Å². The van der Waals surface area contributed by atoms with E-state index in [1.807, 2.05) is 0 Å². The van der Waals surface area contributed by atoms with Crippen molar-refractivity contribution >= 4 is 31.9 Å². The molecule has 0 saturated heterocycles. The molecule has 0 fully saturated rings. The van der Waals surface area contributed by atoms with Gasteiger partial charge in [0.2, 0.25) is 0 Å². The van der Waals surface area contributed by atoms with Gasteiger partial charge >= 0.3 is 0 Å². The van der Waals surface area contributed by atoms with Crippen LogP contribution >= 0.6 is 31.9 Å². The minimum atomic E-state index is -1.22. The minimum Gasteiger partial charge on any atom is -0.388 e. The third-order valence-electron chi connectivity index (χ3n) is 2.85. The van der Waals surface area contributed by atoms with Gasteiger partial charge in [-0.25, -0.2) is 13.2 Å². The standard InChI is InChI=1S/C14H9Br2F3O/c15-10-2-1-7(17)5-8(10)13(20)6-9-12(18)4-3-11(16)14(9)19/h1-5,13,20H,6H2. The normalized spacial score (nSPS) is 12.5. The first-order valence-corrected chi connectivity index (χ1v) is 7.24. The monoisotopic (exact) mass is 408 g/mol. The zero-order valence-corrected chi connectivity index (χ0v) is 13.2. The molecular weight excluding hydrogens is 401 g/mol. The lowest BCUT2D eigenvalue weighted by molar-refractivity contribution is 0.174. The minimum absolute atomic E-state index is 0.111. The first-order chi connectivity index (χ1) is 9.40. The van der Waals surface area contributed by atoms with Crippen LogP contribution in [-0.4, -0.2) is 5.11 Å². The van der Waals surface area contributed by atoms with Crippen LogP contribution in [0.5, 0.6) is 0 Å². The largest absolute Gasteiger partial charge is 0.388 e. The predicted octanol–water partition coefficient (Wildman–Crippen LogP) is 4.91. The van der Waals surface area contributed by atoms with E-state index in [4.69, 9.17) is 0 Å². The van der Waals surface area contributed by atoms with Crippen LogP contribution in [-0.2, 0) is 6.42 Å². The summed E-state index contributed by atoms with van der Waals surface area (Å²) in [7, 11) is 0. The van der Waals surface area contributed by atoms with E-state index in [9.17, 15) is 18.3 Å². The van der Waals surface area contributed by atoms with E-state index < -0.39 is 23.6 Å². The van der Waals surface area contributed by atoms with Crippen molar-refractivity contribution in [3.05, 3.63) is 67.9 Å². The molecule has 2 aromatic carbocycles. The summed E-state index contributed by atoms with van der Waals surface area (Å²) in [6.45, 7) is 0. The molecule has 1 nitrogen and oxygen atoms in total. The van der Waals surface area contributed by atoms with Crippen LogP contribution in [0.4, 0.5) is 13.2 Å². The highest BCUT2D eigenvalue weighted by Gasteiger charge is 2.19. The molecule has 0 aromatic heterocycles. The fraction of sp³-hybridized carbons (Fsp3) is 0.143. The van der Waals surface area contributed by atoms with Gasteiger partial charge in [0.25, 0.3) is 0 Å². The fourth-order valence-electron chi connectivity index (χ4n) is 1.83. The molecule has 2 aromatic rings. The van der Waals surface area contributed by atoms with Crippen molar-refractivity contribution in [2.24, 2.45) is 0 Å². The summed E-state index contributed by atoms with van der Waals surface area (Å²) in [6, 6.07) is 6.14. The Bertz CT molecular complexity index is 647. The molecule has 0 aliphatic heterocycles. The van der Waals surface area contributed by atoms with Gasteiger partial charge in [0.15, 0.2) is 0 Å². The first kappa shape index (κ1) is 15.5. The molecule has 0 aliphatic carbocycles. The number of rotatable bonds is 3. The zero-order valence-electron chi connectivity index (χ0n) is 10.0. The smallest absolute Gasteiger partial charge is 0.143 e. The molecule has 0 amide bonds. The molecule has 0 bridgehead atoms. The van der Waals surface area contributed by atoms with Gasteiger partial charge in [0.05, 0.1) is 10.6 Å². The molecule has 0 saturated carbocycles. The topological polar surface area (TPSA) is 20.2 Å². The second kappa shape index (κ2) is 6.28. The van der Waals surface area contributed by atoms with E-state index in [0.717, 1.165) is 12.1 Å². The summed E-state index contributed by atoms with van der Waals surface area (Å²) < 4.78 is 41.2. The van der Waals surface area contributed by atoms with Crippen molar-refractivity contribution < 1.29 is 18.3 Å². The summed E-state index contributed by atoms with van der Waals surface area (Å²) >= 11 is 6.13. The van der Waals surface area contributed by atoms with E-state index in [-0.39, 0.29) is 22.0 Å². The highest BCUT2D eigenvalue weighted by atomic mass is 79.9. The average molecular weight is 410 g/mol. The SMILES string of the molecule is OC(Cc1c(F)ccc(Br)c1F)c1cc(F)ccc1Br. The Kier molecular flexibility index (Phi) is 4.88. The molecule has 106 valence electrons. The van der Waals surface area contributed by atoms with Gasteiger partial charge in [-0.2, -0.15) is 0 Å². The van der Waals surface area contributed by atoms with Gasteiger partial charge in [-0.1, -0.05) is 15.9 Å². The summed E-state index contributed by atoms with van der Waals surface area (Å²) in [5.41, 5.74) is -0.00758. The third-order valence-corrected chi connectivity index (χ3v) is 4.19. The van der Waals surface area contributed by atoms with E-state index in [0.29, 0.717) is 4.47 Å². The molecule has 0 spiro atoms. The number of aliphatic hydroxyl groups excluding tert-OH is 1. The quantitative estimate of drug-likeness (QED) is 0.714. The van der Waals surface area contributed by atoms with Crippen LogP contribution in [0, 0.1) is 17.5 Å². The molecule has 1 atom stereocenters. The summed E-state index contributed by atoms with van der Waals surface area (Å²) in [4.78, 5) is 0. The number of hydrogen-bond donors (Lipinski definition) is 1. The molecule has 20 heavy (non-hydrogen) atoms. The van der Waals surface area contributed by atoms with E-state index in [1.54, 1.807) is 0 Å². The Balaban J connectivity index is 2.35. The van der Waals surface area contributed by atoms with Gasteiger partial charge in [-0.3, -0.25) is 0 Å². The maximum absolute atomic E-state index is 13.8. The molecule has 6 heteroatoms. The number of benzene rings is 2. The highest BCUT2D eigenvalue weighted by molar-refractivity contribution is 9.10. The van der Waals surface area contributed by atoms with Gasteiger partial charge in [0, 0.05) is 16.5 Å². The van der Waals surface area contributed by atoms with Crippen molar-refractivity contribution in [3.63, 3.8) is 0 Å². The third kappa shape index (κ3) is 3.24. The van der Waals surface area contributed by atoms with Gasteiger partial charge in [-0.15, -0.1) is 0 Å². The first-order valence-electron chi connectivity index (χ1n) is 5.65. The van der Waals surface area contributed by atoms with Gasteiger partial charge in [0.1, 0.15) is 17.5 Å². The molecular formula is C14H9Br2F3O. The second-order valence-corrected chi connectivity index (χ2v) is 5.92.